The molecule has 1 saturated heterocycles. The van der Waals surface area contributed by atoms with Gasteiger partial charge in [-0.05, 0) is 0 Å². The van der Waals surface area contributed by atoms with E-state index in [1.165, 1.54) is 17.2 Å². The number of imidazole rings is 1. The van der Waals surface area contributed by atoms with Gasteiger partial charge in [0.2, 0.25) is 5.72 Å². The molecule has 1 aliphatic heterocycles. The maximum Gasteiger partial charge on any atom is 0.276 e. The van der Waals surface area contributed by atoms with Crippen molar-refractivity contribution in [2.45, 2.75) is 43.5 Å². The fourth-order valence-electron chi connectivity index (χ4n) is 3.19. The zero-order valence-corrected chi connectivity index (χ0v) is 12.9. The van der Waals surface area contributed by atoms with Gasteiger partial charge in [0.15, 0.2) is 11.5 Å². The summed E-state index contributed by atoms with van der Waals surface area (Å²) < 4.78 is 7.05. The van der Waals surface area contributed by atoms with Crippen molar-refractivity contribution < 1.29 is 30.2 Å². The van der Waals surface area contributed by atoms with E-state index < -0.39 is 30.3 Å². The van der Waals surface area contributed by atoms with Gasteiger partial charge in [0.25, 0.3) is 5.79 Å². The molecule has 2 aromatic heterocycles. The van der Waals surface area contributed by atoms with Crippen LogP contribution < -0.4 is 5.73 Å². The van der Waals surface area contributed by atoms with Crippen LogP contribution in [0.5, 0.6) is 0 Å². The molecule has 2 aromatic rings. The van der Waals surface area contributed by atoms with Gasteiger partial charge in [0.1, 0.15) is 24.1 Å². The highest BCUT2D eigenvalue weighted by molar-refractivity contribution is 5.81. The van der Waals surface area contributed by atoms with Gasteiger partial charge in [0.05, 0.1) is 12.9 Å². The topological polar surface area (TPSA) is 169 Å². The second kappa shape index (κ2) is 5.88. The van der Waals surface area contributed by atoms with E-state index in [0.717, 1.165) is 0 Å². The Morgan fingerprint density at radius 2 is 2.17 bits per heavy atom. The summed E-state index contributed by atoms with van der Waals surface area (Å²) in [5.74, 6) is -2.43. The second-order valence-corrected chi connectivity index (χ2v) is 5.65. The Labute approximate surface area is 136 Å². The maximum atomic E-state index is 10.8. The number of nitrogen functional groups attached to an aromatic ring is 1. The number of hydrogen-bond acceptors (Lipinski definition) is 10. The van der Waals surface area contributed by atoms with Gasteiger partial charge in [-0.25, -0.2) is 20.2 Å². The van der Waals surface area contributed by atoms with Crippen LogP contribution in [0.25, 0.3) is 11.2 Å². The first-order valence-corrected chi connectivity index (χ1v) is 7.40. The number of aromatic nitrogens is 4. The van der Waals surface area contributed by atoms with Crippen molar-refractivity contribution in [1.29, 1.82) is 0 Å². The summed E-state index contributed by atoms with van der Waals surface area (Å²) in [4.78, 5) is 16.3. The summed E-state index contributed by atoms with van der Waals surface area (Å²) in [5, 5.41) is 39.9. The van der Waals surface area contributed by atoms with Gasteiger partial charge in [-0.1, -0.05) is 13.3 Å². The lowest BCUT2D eigenvalue weighted by molar-refractivity contribution is -0.449. The number of hydrogen-bond donors (Lipinski definition) is 5. The molecule has 1 aliphatic rings. The smallest absolute Gasteiger partial charge is 0.276 e. The van der Waals surface area contributed by atoms with E-state index in [1.807, 2.05) is 6.92 Å². The summed E-state index contributed by atoms with van der Waals surface area (Å²) >= 11 is 0. The van der Waals surface area contributed by atoms with Crippen molar-refractivity contribution in [3.8, 4) is 0 Å². The van der Waals surface area contributed by atoms with Gasteiger partial charge in [-0.15, -0.1) is 0 Å². The Kier molecular flexibility index (Phi) is 4.15. The van der Waals surface area contributed by atoms with Gasteiger partial charge >= 0.3 is 0 Å². The molecular weight excluding hydrogens is 322 g/mol. The third-order valence-corrected chi connectivity index (χ3v) is 4.32. The number of aliphatic hydroxyl groups excluding tert-OH is 2. The van der Waals surface area contributed by atoms with Crippen LogP contribution in [0.2, 0.25) is 0 Å². The molecule has 0 saturated carbocycles. The van der Waals surface area contributed by atoms with Crippen molar-refractivity contribution in [3.63, 3.8) is 0 Å². The average molecular weight is 341 g/mol. The van der Waals surface area contributed by atoms with Gasteiger partial charge in [-0.3, -0.25) is 4.57 Å². The normalized spacial score (nSPS) is 33.4. The molecule has 11 heteroatoms. The van der Waals surface area contributed by atoms with Crippen LogP contribution in [-0.2, 0) is 15.3 Å². The standard InChI is InChI=1S/C13H19N5O6/c1-2-3-12(13(21,24-22)9(20)7(4-19)23-12)18-6-17-8-10(14)15-5-16-11(8)18/h5-7,9,19-22H,2-4H2,1H3,(H2,14,15,16)/t7-,9-,12-,13-/m1/s1. The van der Waals surface area contributed by atoms with Crippen molar-refractivity contribution in [2.24, 2.45) is 0 Å². The molecule has 24 heavy (non-hydrogen) atoms. The Balaban J connectivity index is 2.26. The zero-order chi connectivity index (χ0) is 17.5. The van der Waals surface area contributed by atoms with E-state index in [4.69, 9.17) is 10.5 Å². The molecule has 1 fully saturated rings. The van der Waals surface area contributed by atoms with Gasteiger partial charge < -0.3 is 25.8 Å². The van der Waals surface area contributed by atoms with Gasteiger partial charge in [-0.2, -0.15) is 4.89 Å². The lowest BCUT2D eigenvalue weighted by atomic mass is 9.93. The van der Waals surface area contributed by atoms with Crippen LogP contribution in [0.15, 0.2) is 12.7 Å². The minimum atomic E-state index is -2.55. The minimum absolute atomic E-state index is 0.118. The van der Waals surface area contributed by atoms with Crippen LogP contribution in [0.3, 0.4) is 0 Å². The molecule has 0 aliphatic carbocycles. The lowest BCUT2D eigenvalue weighted by Crippen LogP contribution is -2.59. The summed E-state index contributed by atoms with van der Waals surface area (Å²) in [6.45, 7) is 1.21. The number of anilines is 1. The number of fused-ring (bicyclic) bond motifs is 1. The Morgan fingerprint density at radius 3 is 2.79 bits per heavy atom. The molecule has 132 valence electrons. The molecule has 3 rings (SSSR count). The summed E-state index contributed by atoms with van der Waals surface area (Å²) in [7, 11) is 0. The minimum Gasteiger partial charge on any atom is -0.394 e. The van der Waals surface area contributed by atoms with Crippen LogP contribution in [-0.4, -0.2) is 64.7 Å². The zero-order valence-electron chi connectivity index (χ0n) is 12.9. The lowest BCUT2D eigenvalue weighted by Gasteiger charge is -2.39. The highest BCUT2D eigenvalue weighted by Gasteiger charge is 2.68. The molecular formula is C13H19N5O6. The molecule has 3 heterocycles. The molecule has 0 amide bonds. The fraction of sp³-hybridized carbons (Fsp3) is 0.615. The highest BCUT2D eigenvalue weighted by Crippen LogP contribution is 2.48. The van der Waals surface area contributed by atoms with Crippen LogP contribution in [0.1, 0.15) is 19.8 Å². The molecule has 0 unspecified atom stereocenters. The molecule has 0 bridgehead atoms. The summed E-state index contributed by atoms with van der Waals surface area (Å²) in [6, 6.07) is 0. The largest absolute Gasteiger partial charge is 0.394 e. The number of ether oxygens (including phenoxy) is 1. The van der Waals surface area contributed by atoms with Crippen LogP contribution >= 0.6 is 0 Å². The van der Waals surface area contributed by atoms with E-state index >= 15 is 0 Å². The van der Waals surface area contributed by atoms with Gasteiger partial charge in [0, 0.05) is 6.42 Å². The first-order chi connectivity index (χ1) is 11.4. The van der Waals surface area contributed by atoms with Crippen LogP contribution in [0.4, 0.5) is 5.82 Å². The predicted octanol–water partition coefficient (Wildman–Crippen LogP) is -1.21. The van der Waals surface area contributed by atoms with Crippen molar-refractivity contribution in [2.75, 3.05) is 12.3 Å². The molecule has 6 N–H and O–H groups in total. The SMILES string of the molecule is CCC[C@@]1(n2cnc3c(N)ncnc32)O[C@H](CO)[C@@H](O)[C@@]1(O)OO. The number of aliphatic hydroxyl groups is 3. The first-order valence-electron chi connectivity index (χ1n) is 7.40. The van der Waals surface area contributed by atoms with Crippen molar-refractivity contribution in [1.82, 2.24) is 19.5 Å². The van der Waals surface area contributed by atoms with E-state index in [2.05, 4.69) is 19.8 Å². The maximum absolute atomic E-state index is 10.8. The molecule has 0 radical (unpaired) electrons. The molecule has 11 nitrogen and oxygen atoms in total. The number of rotatable bonds is 5. The molecule has 0 spiro atoms. The summed E-state index contributed by atoms with van der Waals surface area (Å²) in [6.07, 6.45) is 0.204. The second-order valence-electron chi connectivity index (χ2n) is 5.65. The number of nitrogens with two attached hydrogens (primary N) is 1. The van der Waals surface area contributed by atoms with E-state index in [0.29, 0.717) is 6.42 Å². The predicted molar refractivity (Wildman–Crippen MR) is 79.2 cm³/mol. The van der Waals surface area contributed by atoms with E-state index in [9.17, 15) is 20.6 Å². The van der Waals surface area contributed by atoms with Crippen molar-refractivity contribution in [3.05, 3.63) is 12.7 Å². The molecule has 4 atom stereocenters. The summed E-state index contributed by atoms with van der Waals surface area (Å²) in [5.41, 5.74) is 4.47. The highest BCUT2D eigenvalue weighted by atomic mass is 17.1. The average Bonchev–Trinajstić information content (AvgIpc) is 3.10. The van der Waals surface area contributed by atoms with Crippen molar-refractivity contribution >= 4 is 17.0 Å². The first kappa shape index (κ1) is 17.0. The number of nitrogens with zero attached hydrogens (tertiary/aromatic N) is 4. The monoisotopic (exact) mass is 341 g/mol. The quantitative estimate of drug-likeness (QED) is 0.253. The Hall–Kier alpha value is -1.89. The fourth-order valence-corrected chi connectivity index (χ4v) is 3.19. The Morgan fingerprint density at radius 1 is 1.42 bits per heavy atom. The van der Waals surface area contributed by atoms with Crippen LogP contribution in [0, 0.1) is 0 Å². The molecule has 0 aromatic carbocycles. The van der Waals surface area contributed by atoms with E-state index in [1.54, 1.807) is 0 Å². The third-order valence-electron chi connectivity index (χ3n) is 4.32. The van der Waals surface area contributed by atoms with E-state index in [-0.39, 0.29) is 23.4 Å². The third kappa shape index (κ3) is 2.03. The Bertz CT molecular complexity index is 741.